The molecule has 2 bridgehead atoms. The molecule has 0 N–H and O–H groups in total. The fourth-order valence-electron chi connectivity index (χ4n) is 5.79. The molecule has 156 valence electrons. The van der Waals surface area contributed by atoms with Crippen LogP contribution in [0.3, 0.4) is 0 Å². The number of anilines is 1. The van der Waals surface area contributed by atoms with Crippen molar-refractivity contribution in [2.24, 2.45) is 35.5 Å². The molecule has 31 heavy (non-hydrogen) atoms. The van der Waals surface area contributed by atoms with Crippen molar-refractivity contribution in [3.05, 3.63) is 70.7 Å². The van der Waals surface area contributed by atoms with E-state index in [9.17, 15) is 14.4 Å². The second kappa shape index (κ2) is 6.89. The molecule has 1 saturated heterocycles. The average Bonchev–Trinajstić information content (AvgIpc) is 3.56. The number of imide groups is 1. The Balaban J connectivity index is 1.20. The highest BCUT2D eigenvalue weighted by Crippen LogP contribution is 2.65. The molecule has 0 spiro atoms. The van der Waals surface area contributed by atoms with Crippen molar-refractivity contribution in [3.63, 3.8) is 0 Å². The molecule has 2 saturated carbocycles. The first-order valence-electron chi connectivity index (χ1n) is 10.6. The van der Waals surface area contributed by atoms with E-state index in [-0.39, 0.29) is 47.9 Å². The van der Waals surface area contributed by atoms with E-state index in [0.717, 1.165) is 10.9 Å². The van der Waals surface area contributed by atoms with Crippen LogP contribution in [0.2, 0.25) is 0 Å². The summed E-state index contributed by atoms with van der Waals surface area (Å²) in [5.74, 6) is 1.23. The van der Waals surface area contributed by atoms with Gasteiger partial charge in [-0.05, 0) is 54.4 Å². The number of allylic oxidation sites excluding steroid dienone is 2. The SMILES string of the molecule is O=C(COc1cccc(N2C(=O)[C@H]3[C@@H]4C=C[C@H]([C@H]5C[C@H]45)[C@@H]3C2=O)c1)c1ccc(Br)cc1. The van der Waals surface area contributed by atoms with Gasteiger partial charge in [0.1, 0.15) is 5.75 Å². The van der Waals surface area contributed by atoms with E-state index < -0.39 is 0 Å². The van der Waals surface area contributed by atoms with Gasteiger partial charge in [-0.3, -0.25) is 14.4 Å². The summed E-state index contributed by atoms with van der Waals surface area (Å²) in [4.78, 5) is 40.3. The van der Waals surface area contributed by atoms with Crippen molar-refractivity contribution >= 4 is 39.2 Å². The Kier molecular flexibility index (Phi) is 4.22. The molecule has 1 heterocycles. The molecule has 0 radical (unpaired) electrons. The third-order valence-corrected chi connectivity index (χ3v) is 7.80. The van der Waals surface area contributed by atoms with E-state index in [2.05, 4.69) is 28.1 Å². The number of halogens is 1. The van der Waals surface area contributed by atoms with E-state index in [1.165, 1.54) is 4.90 Å². The zero-order valence-electron chi connectivity index (χ0n) is 16.6. The summed E-state index contributed by atoms with van der Waals surface area (Å²) in [7, 11) is 0. The van der Waals surface area contributed by atoms with Crippen LogP contribution in [-0.4, -0.2) is 24.2 Å². The zero-order chi connectivity index (χ0) is 21.3. The molecule has 4 aliphatic carbocycles. The van der Waals surface area contributed by atoms with Gasteiger partial charge in [0.25, 0.3) is 0 Å². The summed E-state index contributed by atoms with van der Waals surface area (Å²) in [5.41, 5.74) is 1.08. The van der Waals surface area contributed by atoms with Gasteiger partial charge < -0.3 is 4.74 Å². The largest absolute Gasteiger partial charge is 0.485 e. The summed E-state index contributed by atoms with van der Waals surface area (Å²) >= 11 is 3.35. The first-order chi connectivity index (χ1) is 15.0. The van der Waals surface area contributed by atoms with Crippen molar-refractivity contribution in [1.82, 2.24) is 0 Å². The topological polar surface area (TPSA) is 63.7 Å². The molecule has 5 aliphatic rings. The zero-order valence-corrected chi connectivity index (χ0v) is 18.2. The van der Waals surface area contributed by atoms with E-state index in [1.807, 2.05) is 12.1 Å². The van der Waals surface area contributed by atoms with Gasteiger partial charge in [-0.1, -0.05) is 46.3 Å². The third-order valence-electron chi connectivity index (χ3n) is 7.27. The number of hydrogen-bond acceptors (Lipinski definition) is 4. The van der Waals surface area contributed by atoms with Crippen molar-refractivity contribution in [2.75, 3.05) is 11.5 Å². The summed E-state index contributed by atoms with van der Waals surface area (Å²) in [6.07, 6.45) is 5.48. The Morgan fingerprint density at radius 3 is 2.26 bits per heavy atom. The van der Waals surface area contributed by atoms with Crippen LogP contribution in [0.25, 0.3) is 0 Å². The molecular weight excluding hydrogens is 458 g/mol. The summed E-state index contributed by atoms with van der Waals surface area (Å²) in [5, 5.41) is 0. The number of carbonyl (C=O) groups is 3. The maximum absolute atomic E-state index is 13.3. The van der Waals surface area contributed by atoms with Gasteiger partial charge in [0.2, 0.25) is 11.8 Å². The molecule has 0 unspecified atom stereocenters. The average molecular weight is 478 g/mol. The van der Waals surface area contributed by atoms with Crippen LogP contribution in [0, 0.1) is 35.5 Å². The lowest BCUT2D eigenvalue weighted by atomic mass is 9.63. The Labute approximate surface area is 188 Å². The van der Waals surface area contributed by atoms with Gasteiger partial charge in [0.05, 0.1) is 17.5 Å². The van der Waals surface area contributed by atoms with Gasteiger partial charge in [-0.25, -0.2) is 4.90 Å². The predicted molar refractivity (Wildman–Crippen MR) is 118 cm³/mol. The highest BCUT2D eigenvalue weighted by atomic mass is 79.9. The number of Topliss-reactive ketones (excluding diaryl/α,β-unsaturated/α-hetero) is 1. The lowest BCUT2D eigenvalue weighted by molar-refractivity contribution is -0.124. The van der Waals surface area contributed by atoms with E-state index in [1.54, 1.807) is 36.4 Å². The number of ketones is 1. The van der Waals surface area contributed by atoms with Crippen molar-refractivity contribution in [3.8, 4) is 5.75 Å². The third kappa shape index (κ3) is 2.92. The molecule has 2 amide bonds. The minimum atomic E-state index is -0.227. The molecule has 1 aliphatic heterocycles. The van der Waals surface area contributed by atoms with E-state index in [4.69, 9.17) is 4.74 Å². The van der Waals surface area contributed by atoms with Crippen LogP contribution in [-0.2, 0) is 9.59 Å². The lowest BCUT2D eigenvalue weighted by Crippen LogP contribution is -2.40. The van der Waals surface area contributed by atoms with Gasteiger partial charge >= 0.3 is 0 Å². The molecule has 0 aromatic heterocycles. The minimum absolute atomic E-state index is 0.0946. The number of ether oxygens (including phenoxy) is 1. The van der Waals surface area contributed by atoms with Crippen LogP contribution < -0.4 is 9.64 Å². The fraction of sp³-hybridized carbons (Fsp3) is 0.320. The maximum Gasteiger partial charge on any atom is 0.238 e. The first-order valence-corrected chi connectivity index (χ1v) is 11.4. The molecule has 2 aromatic rings. The number of amides is 2. The Hall–Kier alpha value is -2.73. The molecular formula is C25H20BrNO4. The van der Waals surface area contributed by atoms with Crippen molar-refractivity contribution < 1.29 is 19.1 Å². The quantitative estimate of drug-likeness (QED) is 0.366. The Morgan fingerprint density at radius 1 is 0.968 bits per heavy atom. The summed E-state index contributed by atoms with van der Waals surface area (Å²) in [6, 6.07) is 14.0. The molecule has 6 atom stereocenters. The molecule has 6 heteroatoms. The van der Waals surface area contributed by atoms with Gasteiger partial charge in [0, 0.05) is 16.1 Å². The smallest absolute Gasteiger partial charge is 0.238 e. The Morgan fingerprint density at radius 2 is 1.61 bits per heavy atom. The summed E-state index contributed by atoms with van der Waals surface area (Å²) in [6.45, 7) is -0.115. The number of carbonyl (C=O) groups excluding carboxylic acids is 3. The molecule has 2 aromatic carbocycles. The number of hydrogen-bond donors (Lipinski definition) is 0. The van der Waals surface area contributed by atoms with Crippen molar-refractivity contribution in [1.29, 1.82) is 0 Å². The van der Waals surface area contributed by atoms with Gasteiger partial charge in [0.15, 0.2) is 12.4 Å². The molecule has 5 nitrogen and oxygen atoms in total. The Bertz CT molecular complexity index is 1100. The van der Waals surface area contributed by atoms with Gasteiger partial charge in [-0.2, -0.15) is 0 Å². The lowest BCUT2D eigenvalue weighted by Gasteiger charge is -2.37. The summed E-state index contributed by atoms with van der Waals surface area (Å²) < 4.78 is 6.60. The van der Waals surface area contributed by atoms with Crippen LogP contribution in [0.4, 0.5) is 5.69 Å². The normalized spacial score (nSPS) is 32.1. The number of rotatable bonds is 5. The highest BCUT2D eigenvalue weighted by Gasteiger charge is 2.67. The van der Waals surface area contributed by atoms with Crippen molar-refractivity contribution in [2.45, 2.75) is 6.42 Å². The van der Waals surface area contributed by atoms with E-state index in [0.29, 0.717) is 28.8 Å². The standard InChI is InChI=1S/C25H20BrNO4/c26-14-6-4-13(5-7-14)21(28)12-31-16-3-1-2-15(10-16)27-24(29)22-17-8-9-18(20-11-19(17)20)23(22)25(27)30/h1-10,17-20,22-23H,11-12H2/t17-,18-,19-,20-,22+,23+/m1/s1. The number of nitrogens with zero attached hydrogens (tertiary/aromatic N) is 1. The van der Waals surface area contributed by atoms with Crippen LogP contribution in [0.15, 0.2) is 65.2 Å². The first kappa shape index (κ1) is 19.0. The van der Waals surface area contributed by atoms with Crippen LogP contribution >= 0.6 is 15.9 Å². The van der Waals surface area contributed by atoms with E-state index >= 15 is 0 Å². The minimum Gasteiger partial charge on any atom is -0.485 e. The number of benzene rings is 2. The maximum atomic E-state index is 13.3. The monoisotopic (exact) mass is 477 g/mol. The van der Waals surface area contributed by atoms with Crippen LogP contribution in [0.5, 0.6) is 5.75 Å². The molecule has 7 rings (SSSR count). The highest BCUT2D eigenvalue weighted by molar-refractivity contribution is 9.10. The molecule has 3 fully saturated rings. The second-order valence-corrected chi connectivity index (χ2v) is 9.80. The predicted octanol–water partition coefficient (Wildman–Crippen LogP) is 4.27. The second-order valence-electron chi connectivity index (χ2n) is 8.88. The van der Waals surface area contributed by atoms with Gasteiger partial charge in [-0.15, -0.1) is 0 Å². The van der Waals surface area contributed by atoms with Crippen LogP contribution in [0.1, 0.15) is 16.8 Å². The fourth-order valence-corrected chi connectivity index (χ4v) is 6.06.